The predicted octanol–water partition coefficient (Wildman–Crippen LogP) is 2.94. The zero-order valence-corrected chi connectivity index (χ0v) is 15.6. The molecule has 24 heavy (non-hydrogen) atoms. The van der Waals surface area contributed by atoms with Crippen molar-refractivity contribution >= 4 is 10.0 Å². The Kier molecular flexibility index (Phi) is 7.52. The van der Waals surface area contributed by atoms with E-state index in [0.29, 0.717) is 13.0 Å². The summed E-state index contributed by atoms with van der Waals surface area (Å²) in [7, 11) is -1.56. The molecule has 1 atom stereocenters. The highest BCUT2D eigenvalue weighted by atomic mass is 32.2. The van der Waals surface area contributed by atoms with E-state index in [4.69, 9.17) is 4.74 Å². The van der Waals surface area contributed by atoms with Gasteiger partial charge < -0.3 is 4.74 Å². The third-order valence-corrected chi connectivity index (χ3v) is 6.03. The Balaban J connectivity index is 2.17. The lowest BCUT2D eigenvalue weighted by Crippen LogP contribution is -2.41. The van der Waals surface area contributed by atoms with E-state index >= 15 is 0 Å². The Hall–Kier alpha value is -1.11. The zero-order chi connectivity index (χ0) is 17.4. The summed E-state index contributed by atoms with van der Waals surface area (Å²) >= 11 is 0. The normalized spacial score (nSPS) is 17.6. The first-order chi connectivity index (χ1) is 11.6. The number of hydrogen-bond acceptors (Lipinski definition) is 4. The molecule has 1 heterocycles. The molecule has 0 saturated carbocycles. The molecule has 1 aromatic carbocycles. The molecular formula is C18H30N2O3S. The second kappa shape index (κ2) is 9.39. The van der Waals surface area contributed by atoms with Gasteiger partial charge in [-0.2, -0.15) is 0 Å². The van der Waals surface area contributed by atoms with E-state index in [0.717, 1.165) is 43.7 Å². The van der Waals surface area contributed by atoms with Crippen LogP contribution in [-0.2, 0) is 10.0 Å². The van der Waals surface area contributed by atoms with Crippen LogP contribution in [0, 0.1) is 0 Å². The molecule has 136 valence electrons. The van der Waals surface area contributed by atoms with Crippen molar-refractivity contribution < 1.29 is 13.2 Å². The third kappa shape index (κ3) is 5.46. The minimum Gasteiger partial charge on any atom is -0.496 e. The van der Waals surface area contributed by atoms with E-state index in [1.165, 1.54) is 6.42 Å². The Labute approximate surface area is 146 Å². The van der Waals surface area contributed by atoms with Gasteiger partial charge in [-0.15, -0.1) is 0 Å². The molecule has 1 saturated heterocycles. The highest BCUT2D eigenvalue weighted by Crippen LogP contribution is 2.31. The average Bonchev–Trinajstić information content (AvgIpc) is 2.61. The summed E-state index contributed by atoms with van der Waals surface area (Å²) < 4.78 is 32.7. The van der Waals surface area contributed by atoms with Gasteiger partial charge in [0.2, 0.25) is 10.0 Å². The Bertz CT molecular complexity index is 598. The summed E-state index contributed by atoms with van der Waals surface area (Å²) in [6.07, 6.45) is 5.14. The van der Waals surface area contributed by atoms with Crippen LogP contribution in [0.5, 0.6) is 5.75 Å². The van der Waals surface area contributed by atoms with Gasteiger partial charge in [0, 0.05) is 12.1 Å². The van der Waals surface area contributed by atoms with Crippen molar-refractivity contribution in [1.82, 2.24) is 9.62 Å². The summed E-state index contributed by atoms with van der Waals surface area (Å²) in [5, 5.41) is 0. The number of likely N-dealkylation sites (tertiary alicyclic amines) is 1. The number of para-hydroxylation sites is 1. The predicted molar refractivity (Wildman–Crippen MR) is 97.9 cm³/mol. The van der Waals surface area contributed by atoms with Crippen molar-refractivity contribution in [2.75, 3.05) is 32.5 Å². The van der Waals surface area contributed by atoms with Crippen molar-refractivity contribution in [3.8, 4) is 5.75 Å². The summed E-state index contributed by atoms with van der Waals surface area (Å²) in [6.45, 7) is 4.39. The van der Waals surface area contributed by atoms with Crippen LogP contribution in [-0.4, -0.2) is 45.8 Å². The molecule has 6 heteroatoms. The molecule has 0 aromatic heterocycles. The van der Waals surface area contributed by atoms with Crippen molar-refractivity contribution in [3.63, 3.8) is 0 Å². The van der Waals surface area contributed by atoms with Gasteiger partial charge >= 0.3 is 0 Å². The fraction of sp³-hybridized carbons (Fsp3) is 0.667. The van der Waals surface area contributed by atoms with Crippen LogP contribution in [0.25, 0.3) is 0 Å². The number of benzene rings is 1. The molecule has 0 amide bonds. The number of unbranched alkanes of at least 4 members (excludes halogenated alkanes) is 1. The largest absolute Gasteiger partial charge is 0.496 e. The Morgan fingerprint density at radius 3 is 2.58 bits per heavy atom. The number of methoxy groups -OCH3 is 1. The van der Waals surface area contributed by atoms with Crippen molar-refractivity contribution in [2.24, 2.45) is 0 Å². The summed E-state index contributed by atoms with van der Waals surface area (Å²) in [4.78, 5) is 2.38. The standard InChI is InChI=1S/C18H30N2O3S/c1-3-4-14-24(21,22)19-15-17(20-12-8-5-9-13-20)16-10-6-7-11-18(16)23-2/h6-7,10-11,17,19H,3-5,8-9,12-15H2,1-2H3. The van der Waals surface area contributed by atoms with Crippen LogP contribution in [0.15, 0.2) is 24.3 Å². The van der Waals surface area contributed by atoms with Gasteiger partial charge in [0.25, 0.3) is 0 Å². The van der Waals surface area contributed by atoms with Crippen LogP contribution in [0.3, 0.4) is 0 Å². The Morgan fingerprint density at radius 2 is 1.92 bits per heavy atom. The number of sulfonamides is 1. The van der Waals surface area contributed by atoms with Gasteiger partial charge in [-0.25, -0.2) is 13.1 Å². The van der Waals surface area contributed by atoms with Gasteiger partial charge in [-0.05, 0) is 38.4 Å². The van der Waals surface area contributed by atoms with Crippen LogP contribution in [0.2, 0.25) is 0 Å². The minimum atomic E-state index is -3.22. The maximum atomic E-state index is 12.2. The highest BCUT2D eigenvalue weighted by molar-refractivity contribution is 7.89. The molecule has 1 unspecified atom stereocenters. The first-order valence-corrected chi connectivity index (χ1v) is 10.6. The Morgan fingerprint density at radius 1 is 1.21 bits per heavy atom. The van der Waals surface area contributed by atoms with Crippen LogP contribution >= 0.6 is 0 Å². The molecule has 1 N–H and O–H groups in total. The van der Waals surface area contributed by atoms with Crippen LogP contribution in [0.4, 0.5) is 0 Å². The van der Waals surface area contributed by atoms with Gasteiger partial charge in [0.1, 0.15) is 5.75 Å². The molecule has 1 fully saturated rings. The van der Waals surface area contributed by atoms with Crippen molar-refractivity contribution in [3.05, 3.63) is 29.8 Å². The molecule has 0 aliphatic carbocycles. The maximum absolute atomic E-state index is 12.2. The lowest BCUT2D eigenvalue weighted by Gasteiger charge is -2.35. The molecular weight excluding hydrogens is 324 g/mol. The number of piperidine rings is 1. The van der Waals surface area contributed by atoms with Crippen molar-refractivity contribution in [2.45, 2.75) is 45.1 Å². The lowest BCUT2D eigenvalue weighted by atomic mass is 10.0. The smallest absolute Gasteiger partial charge is 0.211 e. The summed E-state index contributed by atoms with van der Waals surface area (Å²) in [6, 6.07) is 7.93. The summed E-state index contributed by atoms with van der Waals surface area (Å²) in [5.74, 6) is 1.02. The number of nitrogens with zero attached hydrogens (tertiary/aromatic N) is 1. The molecule has 0 radical (unpaired) electrons. The fourth-order valence-electron chi connectivity index (χ4n) is 3.22. The second-order valence-electron chi connectivity index (χ2n) is 6.38. The third-order valence-electron chi connectivity index (χ3n) is 4.59. The van der Waals surface area contributed by atoms with E-state index in [-0.39, 0.29) is 11.8 Å². The second-order valence-corrected chi connectivity index (χ2v) is 8.30. The zero-order valence-electron chi connectivity index (χ0n) is 14.8. The van der Waals surface area contributed by atoms with Gasteiger partial charge in [0.05, 0.1) is 18.9 Å². The number of hydrogen-bond donors (Lipinski definition) is 1. The first-order valence-electron chi connectivity index (χ1n) is 8.91. The van der Waals surface area contributed by atoms with Gasteiger partial charge in [-0.1, -0.05) is 38.0 Å². The molecule has 1 aliphatic rings. The number of ether oxygens (including phenoxy) is 1. The topological polar surface area (TPSA) is 58.6 Å². The number of nitrogens with one attached hydrogen (secondary N) is 1. The number of rotatable bonds is 9. The fourth-order valence-corrected chi connectivity index (χ4v) is 4.44. The van der Waals surface area contributed by atoms with Crippen LogP contribution < -0.4 is 9.46 Å². The average molecular weight is 355 g/mol. The molecule has 0 spiro atoms. The maximum Gasteiger partial charge on any atom is 0.211 e. The minimum absolute atomic E-state index is 0.0119. The van der Waals surface area contributed by atoms with Gasteiger partial charge in [0.15, 0.2) is 0 Å². The highest BCUT2D eigenvalue weighted by Gasteiger charge is 2.26. The molecule has 1 aliphatic heterocycles. The molecule has 0 bridgehead atoms. The molecule has 5 nitrogen and oxygen atoms in total. The van der Waals surface area contributed by atoms with E-state index in [1.54, 1.807) is 7.11 Å². The monoisotopic (exact) mass is 354 g/mol. The SMILES string of the molecule is CCCCS(=O)(=O)NCC(c1ccccc1OC)N1CCCCC1. The van der Waals surface area contributed by atoms with Crippen LogP contribution in [0.1, 0.15) is 50.6 Å². The van der Waals surface area contributed by atoms with E-state index in [2.05, 4.69) is 9.62 Å². The lowest BCUT2D eigenvalue weighted by molar-refractivity contribution is 0.162. The molecule has 2 rings (SSSR count). The van der Waals surface area contributed by atoms with E-state index < -0.39 is 10.0 Å². The van der Waals surface area contributed by atoms with E-state index in [9.17, 15) is 8.42 Å². The quantitative estimate of drug-likeness (QED) is 0.741. The van der Waals surface area contributed by atoms with Crippen molar-refractivity contribution in [1.29, 1.82) is 0 Å². The van der Waals surface area contributed by atoms with Gasteiger partial charge in [-0.3, -0.25) is 4.90 Å². The first kappa shape index (κ1) is 19.2. The summed E-state index contributed by atoms with van der Waals surface area (Å²) in [5.41, 5.74) is 1.06. The van der Waals surface area contributed by atoms with E-state index in [1.807, 2.05) is 31.2 Å². The molecule has 1 aromatic rings.